The summed E-state index contributed by atoms with van der Waals surface area (Å²) in [7, 11) is 3.11. The lowest BCUT2D eigenvalue weighted by molar-refractivity contribution is 0.362. The van der Waals surface area contributed by atoms with E-state index in [1.807, 2.05) is 30.3 Å². The van der Waals surface area contributed by atoms with Crippen molar-refractivity contribution in [2.24, 2.45) is 14.1 Å². The van der Waals surface area contributed by atoms with Gasteiger partial charge in [0, 0.05) is 25.7 Å². The zero-order valence-electron chi connectivity index (χ0n) is 16.5. The first kappa shape index (κ1) is 17.8. The molecule has 0 saturated heterocycles. The minimum absolute atomic E-state index is 0.235. The maximum absolute atomic E-state index is 13.1. The summed E-state index contributed by atoms with van der Waals surface area (Å²) in [6.07, 6.45) is 5.57. The van der Waals surface area contributed by atoms with Crippen molar-refractivity contribution >= 4 is 22.2 Å². The number of fused-ring (bicyclic) bond motifs is 3. The fourth-order valence-electron chi connectivity index (χ4n) is 4.46. The monoisotopic (exact) mass is 390 g/mol. The van der Waals surface area contributed by atoms with Crippen LogP contribution in [0.5, 0.6) is 0 Å². The molecule has 0 bridgehead atoms. The number of aryl methyl sites for hydroxylation is 1. The molecule has 8 heteroatoms. The van der Waals surface area contributed by atoms with Gasteiger partial charge in [0.05, 0.1) is 0 Å². The van der Waals surface area contributed by atoms with E-state index < -0.39 is 5.69 Å². The van der Waals surface area contributed by atoms with Gasteiger partial charge in [-0.1, -0.05) is 49.6 Å². The zero-order chi connectivity index (χ0) is 20.1. The molecule has 1 aliphatic carbocycles. The molecule has 0 unspecified atom stereocenters. The van der Waals surface area contributed by atoms with Crippen LogP contribution in [0.4, 0.5) is 0 Å². The molecule has 8 nitrogen and oxygen atoms in total. The molecule has 0 aliphatic heterocycles. The smallest absolute Gasteiger partial charge is 0.319 e. The Balaban J connectivity index is 1.96. The van der Waals surface area contributed by atoms with Gasteiger partial charge >= 0.3 is 5.69 Å². The average molecular weight is 390 g/mol. The molecule has 3 heterocycles. The summed E-state index contributed by atoms with van der Waals surface area (Å²) in [5.74, 6) is 0.796. The number of hydrogen-bond donors (Lipinski definition) is 0. The second-order valence-corrected chi connectivity index (χ2v) is 7.74. The van der Waals surface area contributed by atoms with E-state index in [4.69, 9.17) is 4.98 Å². The van der Waals surface area contributed by atoms with Crippen molar-refractivity contribution in [1.29, 1.82) is 0 Å². The first-order valence-electron chi connectivity index (χ1n) is 9.97. The fraction of sp³-hybridized carbons (Fsp3) is 0.381. The molecule has 3 aromatic heterocycles. The Morgan fingerprint density at radius 1 is 0.931 bits per heavy atom. The maximum Gasteiger partial charge on any atom is 0.332 e. The van der Waals surface area contributed by atoms with Crippen LogP contribution >= 0.6 is 0 Å². The molecule has 1 aromatic carbocycles. The molecule has 0 spiro atoms. The summed E-state index contributed by atoms with van der Waals surface area (Å²) in [5.41, 5.74) is 1.62. The van der Waals surface area contributed by atoms with E-state index in [9.17, 15) is 9.59 Å². The fourth-order valence-corrected chi connectivity index (χ4v) is 4.46. The van der Waals surface area contributed by atoms with E-state index in [1.54, 1.807) is 7.05 Å². The lowest BCUT2D eigenvalue weighted by Gasteiger charge is -2.25. The van der Waals surface area contributed by atoms with Gasteiger partial charge in [0.1, 0.15) is 16.7 Å². The topological polar surface area (TPSA) is 87.6 Å². The largest absolute Gasteiger partial charge is 0.332 e. The first-order valence-corrected chi connectivity index (χ1v) is 9.97. The van der Waals surface area contributed by atoms with E-state index in [-0.39, 0.29) is 11.6 Å². The Bertz CT molecular complexity index is 1340. The van der Waals surface area contributed by atoms with E-state index in [0.29, 0.717) is 22.2 Å². The summed E-state index contributed by atoms with van der Waals surface area (Å²) in [5, 5.41) is 8.89. The number of aromatic nitrogens is 6. The molecule has 1 aliphatic rings. The van der Waals surface area contributed by atoms with Gasteiger partial charge in [-0.3, -0.25) is 13.9 Å². The lowest BCUT2D eigenvalue weighted by atomic mass is 9.95. The van der Waals surface area contributed by atoms with Crippen molar-refractivity contribution in [1.82, 2.24) is 28.9 Å². The molecule has 0 atom stereocenters. The van der Waals surface area contributed by atoms with Crippen LogP contribution in [0.25, 0.3) is 33.6 Å². The third-order valence-electron chi connectivity index (χ3n) is 5.97. The van der Waals surface area contributed by atoms with Crippen LogP contribution < -0.4 is 11.2 Å². The Morgan fingerprint density at radius 2 is 1.66 bits per heavy atom. The second-order valence-electron chi connectivity index (χ2n) is 7.74. The SMILES string of the molecule is Cn1c(=O)c2c3c(nnc2n(C)c1=O)nc(-c1ccccc1)n3C1CCCCC1. The van der Waals surface area contributed by atoms with Gasteiger partial charge in [-0.2, -0.15) is 0 Å². The van der Waals surface area contributed by atoms with Gasteiger partial charge in [0.15, 0.2) is 5.65 Å². The molecule has 4 aromatic rings. The number of nitrogens with zero attached hydrogens (tertiary/aromatic N) is 6. The minimum atomic E-state index is -0.414. The third-order valence-corrected chi connectivity index (χ3v) is 5.97. The van der Waals surface area contributed by atoms with Gasteiger partial charge in [-0.25, -0.2) is 9.78 Å². The second kappa shape index (κ2) is 6.65. The molecule has 0 amide bonds. The van der Waals surface area contributed by atoms with Crippen LogP contribution in [0.15, 0.2) is 39.9 Å². The molecule has 0 radical (unpaired) electrons. The highest BCUT2D eigenvalue weighted by molar-refractivity contribution is 6.00. The predicted octanol–water partition coefficient (Wildman–Crippen LogP) is 2.55. The summed E-state index contributed by atoms with van der Waals surface area (Å²) >= 11 is 0. The zero-order valence-corrected chi connectivity index (χ0v) is 16.5. The average Bonchev–Trinajstić information content (AvgIpc) is 3.16. The van der Waals surface area contributed by atoms with Crippen molar-refractivity contribution in [2.45, 2.75) is 38.1 Å². The van der Waals surface area contributed by atoms with Gasteiger partial charge in [0.25, 0.3) is 5.56 Å². The molecular weight excluding hydrogens is 368 g/mol. The Kier molecular flexibility index (Phi) is 4.08. The van der Waals surface area contributed by atoms with E-state index in [1.165, 1.54) is 18.0 Å². The predicted molar refractivity (Wildman–Crippen MR) is 111 cm³/mol. The molecule has 5 rings (SSSR count). The number of rotatable bonds is 2. The molecule has 29 heavy (non-hydrogen) atoms. The molecular formula is C21H22N6O2. The van der Waals surface area contributed by atoms with Crippen LogP contribution in [0.1, 0.15) is 38.1 Å². The number of hydrogen-bond acceptors (Lipinski definition) is 5. The number of benzene rings is 1. The highest BCUT2D eigenvalue weighted by Crippen LogP contribution is 2.36. The molecule has 0 N–H and O–H groups in total. The highest BCUT2D eigenvalue weighted by Gasteiger charge is 2.26. The Morgan fingerprint density at radius 3 is 2.38 bits per heavy atom. The quantitative estimate of drug-likeness (QED) is 0.525. The third kappa shape index (κ3) is 2.62. The normalized spacial score (nSPS) is 15.4. The summed E-state index contributed by atoms with van der Waals surface area (Å²) in [6.45, 7) is 0. The molecule has 1 fully saturated rings. The van der Waals surface area contributed by atoms with Crippen molar-refractivity contribution in [3.05, 3.63) is 51.2 Å². The van der Waals surface area contributed by atoms with Crippen LogP contribution in [-0.4, -0.2) is 28.9 Å². The van der Waals surface area contributed by atoms with E-state index in [0.717, 1.165) is 41.6 Å². The first-order chi connectivity index (χ1) is 14.1. The highest BCUT2D eigenvalue weighted by atomic mass is 16.2. The van der Waals surface area contributed by atoms with Crippen LogP contribution in [0.3, 0.4) is 0 Å². The van der Waals surface area contributed by atoms with Gasteiger partial charge in [-0.05, 0) is 12.8 Å². The van der Waals surface area contributed by atoms with Gasteiger partial charge < -0.3 is 4.57 Å². The van der Waals surface area contributed by atoms with Crippen LogP contribution in [-0.2, 0) is 14.1 Å². The van der Waals surface area contributed by atoms with Crippen molar-refractivity contribution in [3.63, 3.8) is 0 Å². The molecule has 148 valence electrons. The standard InChI is InChI=1S/C21H22N6O2/c1-25-19-15(20(28)26(2)21(25)29)16-17(23-24-19)22-18(13-9-5-3-6-10-13)27(16)14-11-7-4-8-12-14/h3,5-6,9-10,14H,4,7-8,11-12H2,1-2H3. The van der Waals surface area contributed by atoms with Gasteiger partial charge in [-0.15, -0.1) is 10.2 Å². The maximum atomic E-state index is 13.1. The Hall–Kier alpha value is -3.29. The van der Waals surface area contributed by atoms with E-state index in [2.05, 4.69) is 14.8 Å². The van der Waals surface area contributed by atoms with Crippen LogP contribution in [0.2, 0.25) is 0 Å². The van der Waals surface area contributed by atoms with Crippen LogP contribution in [0, 0.1) is 0 Å². The minimum Gasteiger partial charge on any atom is -0.319 e. The van der Waals surface area contributed by atoms with Gasteiger partial charge in [0.2, 0.25) is 5.65 Å². The summed E-state index contributed by atoms with van der Waals surface area (Å²) in [6, 6.07) is 10.2. The summed E-state index contributed by atoms with van der Waals surface area (Å²) in [4.78, 5) is 30.3. The van der Waals surface area contributed by atoms with Crippen molar-refractivity contribution in [3.8, 4) is 11.4 Å². The van der Waals surface area contributed by atoms with Crippen molar-refractivity contribution in [2.75, 3.05) is 0 Å². The lowest BCUT2D eigenvalue weighted by Crippen LogP contribution is -2.37. The van der Waals surface area contributed by atoms with E-state index >= 15 is 0 Å². The number of imidazole rings is 1. The Labute approximate surface area is 166 Å². The summed E-state index contributed by atoms with van der Waals surface area (Å²) < 4.78 is 4.68. The molecule has 1 saturated carbocycles. The van der Waals surface area contributed by atoms with Crippen molar-refractivity contribution < 1.29 is 0 Å².